The molecule has 0 saturated carbocycles. The molecule has 0 saturated heterocycles. The molecule has 0 unspecified atom stereocenters. The number of nitrogens with one attached hydrogen (secondary N) is 1. The van der Waals surface area contributed by atoms with Crippen LogP contribution >= 0.6 is 23.4 Å². The number of amides is 1. The zero-order valence-electron chi connectivity index (χ0n) is 13.1. The molecule has 8 heteroatoms. The van der Waals surface area contributed by atoms with Gasteiger partial charge in [0.25, 0.3) is 11.1 Å². The van der Waals surface area contributed by atoms with Gasteiger partial charge in [-0.05, 0) is 36.8 Å². The van der Waals surface area contributed by atoms with Gasteiger partial charge in [-0.1, -0.05) is 41.6 Å². The molecular weight excluding hydrogens is 365 g/mol. The standard InChI is InChI=1S/C17H13ClFN3O2S/c1-10-6-7-11(18)8-14(10)20-15(23)9-25-17-22-21-16(24-17)12-4-2-3-5-13(12)19/h2-8H,9H2,1H3,(H,20,23). The molecule has 0 bridgehead atoms. The normalized spacial score (nSPS) is 10.7. The number of anilines is 1. The van der Waals surface area contributed by atoms with Gasteiger partial charge in [0.05, 0.1) is 11.3 Å². The first kappa shape index (κ1) is 17.4. The number of benzene rings is 2. The second-order valence-electron chi connectivity index (χ2n) is 5.15. The van der Waals surface area contributed by atoms with Gasteiger partial charge in [-0.2, -0.15) is 0 Å². The van der Waals surface area contributed by atoms with Crippen molar-refractivity contribution in [1.29, 1.82) is 0 Å². The van der Waals surface area contributed by atoms with Crippen LogP contribution in [0.15, 0.2) is 52.1 Å². The van der Waals surface area contributed by atoms with Crippen molar-refractivity contribution in [3.05, 3.63) is 58.9 Å². The molecule has 128 valence electrons. The van der Waals surface area contributed by atoms with Gasteiger partial charge in [-0.25, -0.2) is 4.39 Å². The van der Waals surface area contributed by atoms with Crippen LogP contribution in [0.5, 0.6) is 0 Å². The lowest BCUT2D eigenvalue weighted by molar-refractivity contribution is -0.113. The van der Waals surface area contributed by atoms with Crippen molar-refractivity contribution in [3.63, 3.8) is 0 Å². The van der Waals surface area contributed by atoms with Gasteiger partial charge in [0.15, 0.2) is 0 Å². The molecular formula is C17H13ClFN3O2S. The molecule has 2 aromatic carbocycles. The van der Waals surface area contributed by atoms with Gasteiger partial charge in [-0.15, -0.1) is 10.2 Å². The fraction of sp³-hybridized carbons (Fsp3) is 0.118. The molecule has 3 aromatic rings. The average Bonchev–Trinajstić information content (AvgIpc) is 3.05. The molecule has 0 aliphatic heterocycles. The fourth-order valence-electron chi connectivity index (χ4n) is 2.05. The first-order chi connectivity index (χ1) is 12.0. The van der Waals surface area contributed by atoms with Crippen LogP contribution < -0.4 is 5.32 Å². The van der Waals surface area contributed by atoms with E-state index in [9.17, 15) is 9.18 Å². The Kier molecular flexibility index (Phi) is 5.35. The molecule has 25 heavy (non-hydrogen) atoms. The SMILES string of the molecule is Cc1ccc(Cl)cc1NC(=O)CSc1nnc(-c2ccccc2F)o1. The highest BCUT2D eigenvalue weighted by molar-refractivity contribution is 7.99. The Hall–Kier alpha value is -2.38. The Bertz CT molecular complexity index is 916. The minimum atomic E-state index is -0.447. The Morgan fingerprint density at radius 2 is 2.08 bits per heavy atom. The number of thioether (sulfide) groups is 1. The lowest BCUT2D eigenvalue weighted by Gasteiger charge is -2.07. The Morgan fingerprint density at radius 1 is 1.28 bits per heavy atom. The van der Waals surface area contributed by atoms with Gasteiger partial charge in [0, 0.05) is 10.7 Å². The number of halogens is 2. The van der Waals surface area contributed by atoms with Crippen LogP contribution in [0.25, 0.3) is 11.5 Å². The number of carbonyl (C=O) groups excluding carboxylic acids is 1. The minimum Gasteiger partial charge on any atom is -0.411 e. The van der Waals surface area contributed by atoms with E-state index < -0.39 is 5.82 Å². The van der Waals surface area contributed by atoms with E-state index in [1.54, 1.807) is 30.3 Å². The van der Waals surface area contributed by atoms with E-state index in [4.69, 9.17) is 16.0 Å². The molecule has 0 fully saturated rings. The van der Waals surface area contributed by atoms with Crippen molar-refractivity contribution in [1.82, 2.24) is 10.2 Å². The first-order valence-electron chi connectivity index (χ1n) is 7.30. The van der Waals surface area contributed by atoms with Crippen molar-refractivity contribution in [2.75, 3.05) is 11.1 Å². The van der Waals surface area contributed by atoms with Crippen molar-refractivity contribution >= 4 is 35.0 Å². The topological polar surface area (TPSA) is 68.0 Å². The molecule has 0 aliphatic carbocycles. The Balaban J connectivity index is 1.61. The third-order valence-electron chi connectivity index (χ3n) is 3.31. The van der Waals surface area contributed by atoms with Gasteiger partial charge in [0.1, 0.15) is 5.82 Å². The van der Waals surface area contributed by atoms with Gasteiger partial charge in [0.2, 0.25) is 5.91 Å². The smallest absolute Gasteiger partial charge is 0.277 e. The zero-order chi connectivity index (χ0) is 17.8. The summed E-state index contributed by atoms with van der Waals surface area (Å²) < 4.78 is 19.1. The third kappa shape index (κ3) is 4.37. The highest BCUT2D eigenvalue weighted by Crippen LogP contribution is 2.25. The minimum absolute atomic E-state index is 0.0743. The van der Waals surface area contributed by atoms with Crippen molar-refractivity contribution in [2.45, 2.75) is 12.1 Å². The quantitative estimate of drug-likeness (QED) is 0.660. The second kappa shape index (κ2) is 7.67. The molecule has 3 rings (SSSR count). The largest absolute Gasteiger partial charge is 0.411 e. The summed E-state index contributed by atoms with van der Waals surface area (Å²) in [5.41, 5.74) is 1.78. The number of rotatable bonds is 5. The van der Waals surface area contributed by atoms with Crippen LogP contribution in [0.1, 0.15) is 5.56 Å². The number of aryl methyl sites for hydroxylation is 1. The van der Waals surface area contributed by atoms with Crippen LogP contribution in [0.3, 0.4) is 0 Å². The number of carbonyl (C=O) groups is 1. The van der Waals surface area contributed by atoms with Crippen LogP contribution in [-0.2, 0) is 4.79 Å². The molecule has 1 aromatic heterocycles. The maximum Gasteiger partial charge on any atom is 0.277 e. The molecule has 0 aliphatic rings. The summed E-state index contributed by atoms with van der Waals surface area (Å²) in [6.45, 7) is 1.87. The van der Waals surface area contributed by atoms with Gasteiger partial charge in [-0.3, -0.25) is 4.79 Å². The van der Waals surface area contributed by atoms with E-state index in [1.165, 1.54) is 6.07 Å². The van der Waals surface area contributed by atoms with Crippen LogP contribution in [-0.4, -0.2) is 21.9 Å². The highest BCUT2D eigenvalue weighted by Gasteiger charge is 2.14. The third-order valence-corrected chi connectivity index (χ3v) is 4.36. The summed E-state index contributed by atoms with van der Waals surface area (Å²) in [6, 6.07) is 11.4. The molecule has 0 spiro atoms. The predicted molar refractivity (Wildman–Crippen MR) is 95.2 cm³/mol. The summed E-state index contributed by atoms with van der Waals surface area (Å²) >= 11 is 7.00. The van der Waals surface area contributed by atoms with E-state index in [0.717, 1.165) is 17.3 Å². The lowest BCUT2D eigenvalue weighted by Crippen LogP contribution is -2.14. The Labute approximate surface area is 152 Å². The van der Waals surface area contributed by atoms with Crippen molar-refractivity contribution in [2.24, 2.45) is 0 Å². The molecule has 1 amide bonds. The zero-order valence-corrected chi connectivity index (χ0v) is 14.7. The van der Waals surface area contributed by atoms with E-state index in [-0.39, 0.29) is 28.3 Å². The van der Waals surface area contributed by atoms with E-state index in [0.29, 0.717) is 10.7 Å². The average molecular weight is 378 g/mol. The molecule has 0 radical (unpaired) electrons. The van der Waals surface area contributed by atoms with Gasteiger partial charge >= 0.3 is 0 Å². The van der Waals surface area contributed by atoms with Crippen molar-refractivity contribution in [3.8, 4) is 11.5 Å². The van der Waals surface area contributed by atoms with E-state index >= 15 is 0 Å². The summed E-state index contributed by atoms with van der Waals surface area (Å²) in [4.78, 5) is 12.1. The summed E-state index contributed by atoms with van der Waals surface area (Å²) in [5, 5.41) is 11.1. The maximum atomic E-state index is 13.7. The molecule has 0 atom stereocenters. The first-order valence-corrected chi connectivity index (χ1v) is 8.66. The molecule has 5 nitrogen and oxygen atoms in total. The Morgan fingerprint density at radius 3 is 2.88 bits per heavy atom. The summed E-state index contributed by atoms with van der Waals surface area (Å²) in [5.74, 6) is -0.533. The number of hydrogen-bond donors (Lipinski definition) is 1. The summed E-state index contributed by atoms with van der Waals surface area (Å²) in [6.07, 6.45) is 0. The van der Waals surface area contributed by atoms with Crippen LogP contribution in [0.4, 0.5) is 10.1 Å². The number of aromatic nitrogens is 2. The second-order valence-corrected chi connectivity index (χ2v) is 6.51. The van der Waals surface area contributed by atoms with E-state index in [2.05, 4.69) is 15.5 Å². The molecule has 1 heterocycles. The van der Waals surface area contributed by atoms with Gasteiger partial charge < -0.3 is 9.73 Å². The summed E-state index contributed by atoms with van der Waals surface area (Å²) in [7, 11) is 0. The molecule has 1 N–H and O–H groups in total. The lowest BCUT2D eigenvalue weighted by atomic mass is 10.2. The fourth-order valence-corrected chi connectivity index (χ4v) is 2.79. The predicted octanol–water partition coefficient (Wildman–Crippen LogP) is 4.57. The van der Waals surface area contributed by atoms with Crippen LogP contribution in [0, 0.1) is 12.7 Å². The monoisotopic (exact) mass is 377 g/mol. The highest BCUT2D eigenvalue weighted by atomic mass is 35.5. The van der Waals surface area contributed by atoms with Crippen molar-refractivity contribution < 1.29 is 13.6 Å². The maximum absolute atomic E-state index is 13.7. The van der Waals surface area contributed by atoms with E-state index in [1.807, 2.05) is 13.0 Å². The van der Waals surface area contributed by atoms with Crippen LogP contribution in [0.2, 0.25) is 5.02 Å². The number of nitrogens with zero attached hydrogens (tertiary/aromatic N) is 2. The number of hydrogen-bond acceptors (Lipinski definition) is 5.